The minimum absolute atomic E-state index is 0.0347. The Morgan fingerprint density at radius 1 is 1.38 bits per heavy atom. The average molecular weight is 292 g/mol. The Hall–Kier alpha value is -2.31. The maximum Gasteiger partial charge on any atom is 0.271 e. The van der Waals surface area contributed by atoms with E-state index in [0.29, 0.717) is 5.69 Å². The van der Waals surface area contributed by atoms with E-state index in [1.165, 1.54) is 24.6 Å². The number of hydrogen-bond acceptors (Lipinski definition) is 5. The van der Waals surface area contributed by atoms with Crippen molar-refractivity contribution < 1.29 is 9.72 Å². The number of nitrogen functional groups attached to an aromatic ring is 1. The van der Waals surface area contributed by atoms with Crippen LogP contribution >= 0.6 is 0 Å². The summed E-state index contributed by atoms with van der Waals surface area (Å²) in [7, 11) is 0. The van der Waals surface area contributed by atoms with Gasteiger partial charge in [-0.25, -0.2) is 0 Å². The Balaban J connectivity index is 2.03. The van der Waals surface area contributed by atoms with Gasteiger partial charge in [0.15, 0.2) is 0 Å². The third-order valence-electron chi connectivity index (χ3n) is 3.66. The standard InChI is InChI=1S/C14H20N4O3/c1-10(14(19)17-7-3-2-4-8-17)16-13-6-5-11(18(20)21)9-12(13)15/h5-6,9-10,16H,2-4,7-8,15H2,1H3. The third-order valence-corrected chi connectivity index (χ3v) is 3.66. The Morgan fingerprint density at radius 3 is 2.62 bits per heavy atom. The molecule has 1 aromatic rings. The fraction of sp³-hybridized carbons (Fsp3) is 0.500. The van der Waals surface area contributed by atoms with E-state index < -0.39 is 11.0 Å². The second kappa shape index (κ2) is 6.43. The number of nitrogens with two attached hydrogens (primary N) is 1. The van der Waals surface area contributed by atoms with Gasteiger partial charge in [-0.2, -0.15) is 0 Å². The first-order valence-electron chi connectivity index (χ1n) is 7.08. The van der Waals surface area contributed by atoms with Gasteiger partial charge in [-0.3, -0.25) is 14.9 Å². The Labute approximate surface area is 123 Å². The predicted octanol–water partition coefficient (Wildman–Crippen LogP) is 1.99. The van der Waals surface area contributed by atoms with Gasteiger partial charge in [0.05, 0.1) is 16.3 Å². The second-order valence-corrected chi connectivity index (χ2v) is 5.28. The van der Waals surface area contributed by atoms with Crippen LogP contribution in [0.4, 0.5) is 17.1 Å². The summed E-state index contributed by atoms with van der Waals surface area (Å²) in [6, 6.07) is 3.79. The minimum atomic E-state index is -0.498. The number of anilines is 2. The highest BCUT2D eigenvalue weighted by molar-refractivity contribution is 5.85. The lowest BCUT2D eigenvalue weighted by atomic mass is 10.1. The Kier molecular flexibility index (Phi) is 4.62. The molecule has 7 nitrogen and oxygen atoms in total. The number of carbonyl (C=O) groups excluding carboxylic acids is 1. The van der Waals surface area contributed by atoms with Crippen LogP contribution in [0.25, 0.3) is 0 Å². The number of nitro benzene ring substituents is 1. The van der Waals surface area contributed by atoms with Gasteiger partial charge in [0.25, 0.3) is 5.69 Å². The molecule has 2 rings (SSSR count). The normalized spacial score (nSPS) is 16.3. The van der Waals surface area contributed by atoms with Gasteiger partial charge in [-0.1, -0.05) is 0 Å². The van der Waals surface area contributed by atoms with E-state index in [9.17, 15) is 14.9 Å². The van der Waals surface area contributed by atoms with E-state index in [-0.39, 0.29) is 17.3 Å². The molecule has 1 fully saturated rings. The molecule has 1 amide bonds. The van der Waals surface area contributed by atoms with E-state index in [1.54, 1.807) is 6.92 Å². The van der Waals surface area contributed by atoms with Gasteiger partial charge in [-0.15, -0.1) is 0 Å². The number of nitro groups is 1. The lowest BCUT2D eigenvalue weighted by molar-refractivity contribution is -0.384. The molecule has 0 aliphatic carbocycles. The molecular weight excluding hydrogens is 272 g/mol. The number of piperidine rings is 1. The molecule has 3 N–H and O–H groups in total. The molecule has 1 atom stereocenters. The molecule has 1 aromatic carbocycles. The van der Waals surface area contributed by atoms with Crippen LogP contribution < -0.4 is 11.1 Å². The first-order valence-corrected chi connectivity index (χ1v) is 7.08. The molecule has 0 saturated carbocycles. The number of amides is 1. The smallest absolute Gasteiger partial charge is 0.271 e. The lowest BCUT2D eigenvalue weighted by Crippen LogP contribution is -2.43. The van der Waals surface area contributed by atoms with Crippen LogP contribution in [0.2, 0.25) is 0 Å². The number of likely N-dealkylation sites (tertiary alicyclic amines) is 1. The van der Waals surface area contributed by atoms with Gasteiger partial charge in [0.1, 0.15) is 6.04 Å². The van der Waals surface area contributed by atoms with Gasteiger partial charge in [-0.05, 0) is 32.3 Å². The molecule has 0 spiro atoms. The van der Waals surface area contributed by atoms with E-state index in [0.717, 1.165) is 25.9 Å². The number of nitrogens with zero attached hydrogens (tertiary/aromatic N) is 2. The maximum absolute atomic E-state index is 12.3. The van der Waals surface area contributed by atoms with Crippen molar-refractivity contribution in [3.63, 3.8) is 0 Å². The van der Waals surface area contributed by atoms with E-state index >= 15 is 0 Å². The first kappa shape index (κ1) is 15.1. The average Bonchev–Trinajstić information content (AvgIpc) is 2.49. The van der Waals surface area contributed by atoms with Crippen LogP contribution in [0.3, 0.4) is 0 Å². The quantitative estimate of drug-likeness (QED) is 0.502. The SMILES string of the molecule is CC(Nc1ccc([N+](=O)[O-])cc1N)C(=O)N1CCCCC1. The number of benzene rings is 1. The number of non-ortho nitro benzene ring substituents is 1. The second-order valence-electron chi connectivity index (χ2n) is 5.28. The highest BCUT2D eigenvalue weighted by atomic mass is 16.6. The van der Waals surface area contributed by atoms with E-state index in [2.05, 4.69) is 5.32 Å². The summed E-state index contributed by atoms with van der Waals surface area (Å²) < 4.78 is 0. The van der Waals surface area contributed by atoms with Crippen LogP contribution in [0.5, 0.6) is 0 Å². The molecule has 1 heterocycles. The van der Waals surface area contributed by atoms with Gasteiger partial charge >= 0.3 is 0 Å². The van der Waals surface area contributed by atoms with Crippen molar-refractivity contribution >= 4 is 23.0 Å². The van der Waals surface area contributed by atoms with Crippen molar-refractivity contribution in [3.05, 3.63) is 28.3 Å². The summed E-state index contributed by atoms with van der Waals surface area (Å²) in [5.41, 5.74) is 6.54. The van der Waals surface area contributed by atoms with Gasteiger partial charge < -0.3 is 16.0 Å². The first-order chi connectivity index (χ1) is 9.99. The summed E-state index contributed by atoms with van der Waals surface area (Å²) in [6.45, 7) is 3.36. The van der Waals surface area contributed by atoms with Crippen molar-refractivity contribution in [3.8, 4) is 0 Å². The summed E-state index contributed by atoms with van der Waals surface area (Å²) in [5, 5.41) is 13.7. The van der Waals surface area contributed by atoms with Crippen molar-refractivity contribution in [2.45, 2.75) is 32.2 Å². The highest BCUT2D eigenvalue weighted by Gasteiger charge is 2.22. The summed E-state index contributed by atoms with van der Waals surface area (Å²) in [6.07, 6.45) is 3.25. The molecule has 1 aliphatic rings. The zero-order chi connectivity index (χ0) is 15.4. The molecular formula is C14H20N4O3. The fourth-order valence-electron chi connectivity index (χ4n) is 2.48. The van der Waals surface area contributed by atoms with E-state index in [4.69, 9.17) is 5.73 Å². The molecule has 7 heteroatoms. The van der Waals surface area contributed by atoms with Crippen LogP contribution in [0, 0.1) is 10.1 Å². The monoisotopic (exact) mass is 292 g/mol. The lowest BCUT2D eigenvalue weighted by Gasteiger charge is -2.29. The largest absolute Gasteiger partial charge is 0.397 e. The van der Waals surface area contributed by atoms with Crippen molar-refractivity contribution in [2.75, 3.05) is 24.1 Å². The zero-order valence-electron chi connectivity index (χ0n) is 12.0. The number of rotatable bonds is 4. The number of hydrogen-bond donors (Lipinski definition) is 2. The molecule has 1 saturated heterocycles. The highest BCUT2D eigenvalue weighted by Crippen LogP contribution is 2.25. The van der Waals surface area contributed by atoms with Crippen molar-refractivity contribution in [1.29, 1.82) is 0 Å². The van der Waals surface area contributed by atoms with Gasteiger partial charge in [0.2, 0.25) is 5.91 Å². The van der Waals surface area contributed by atoms with Gasteiger partial charge in [0, 0.05) is 25.2 Å². The molecule has 1 unspecified atom stereocenters. The summed E-state index contributed by atoms with van der Waals surface area (Å²) in [4.78, 5) is 24.3. The van der Waals surface area contributed by atoms with Crippen LogP contribution in [0.15, 0.2) is 18.2 Å². The van der Waals surface area contributed by atoms with Crippen LogP contribution in [-0.4, -0.2) is 34.9 Å². The minimum Gasteiger partial charge on any atom is -0.397 e. The molecule has 114 valence electrons. The molecule has 0 bridgehead atoms. The van der Waals surface area contributed by atoms with Crippen LogP contribution in [0.1, 0.15) is 26.2 Å². The Morgan fingerprint density at radius 2 is 2.05 bits per heavy atom. The van der Waals surface area contributed by atoms with Crippen molar-refractivity contribution in [1.82, 2.24) is 4.90 Å². The molecule has 1 aliphatic heterocycles. The predicted molar refractivity (Wildman–Crippen MR) is 81.0 cm³/mol. The number of nitrogens with one attached hydrogen (secondary N) is 1. The topological polar surface area (TPSA) is 101 Å². The Bertz CT molecular complexity index is 541. The molecule has 0 radical (unpaired) electrons. The van der Waals surface area contributed by atoms with Crippen molar-refractivity contribution in [2.24, 2.45) is 0 Å². The summed E-state index contributed by atoms with van der Waals surface area (Å²) in [5.74, 6) is 0.0347. The maximum atomic E-state index is 12.3. The fourth-order valence-corrected chi connectivity index (χ4v) is 2.48. The molecule has 21 heavy (non-hydrogen) atoms. The number of carbonyl (C=O) groups is 1. The molecule has 0 aromatic heterocycles. The summed E-state index contributed by atoms with van der Waals surface area (Å²) >= 11 is 0. The zero-order valence-corrected chi connectivity index (χ0v) is 12.0. The third kappa shape index (κ3) is 3.62. The van der Waals surface area contributed by atoms with E-state index in [1.807, 2.05) is 4.90 Å². The van der Waals surface area contributed by atoms with Crippen LogP contribution in [-0.2, 0) is 4.79 Å².